The largest absolute Gasteiger partial charge is 0.326 e. The Labute approximate surface area is 148 Å². The van der Waals surface area contributed by atoms with E-state index >= 15 is 0 Å². The molecule has 0 aromatic heterocycles. The van der Waals surface area contributed by atoms with Gasteiger partial charge in [-0.2, -0.15) is 0 Å². The number of amides is 1. The van der Waals surface area contributed by atoms with E-state index in [9.17, 15) is 9.18 Å². The van der Waals surface area contributed by atoms with E-state index in [-0.39, 0.29) is 17.6 Å². The van der Waals surface area contributed by atoms with Crippen LogP contribution in [0.3, 0.4) is 0 Å². The Balaban J connectivity index is 1.62. The highest BCUT2D eigenvalue weighted by Crippen LogP contribution is 2.22. The van der Waals surface area contributed by atoms with Crippen LogP contribution in [0.4, 0.5) is 10.1 Å². The Morgan fingerprint density at radius 2 is 1.92 bits per heavy atom. The lowest BCUT2D eigenvalue weighted by Crippen LogP contribution is -2.40. The van der Waals surface area contributed by atoms with E-state index in [4.69, 9.17) is 0 Å². The van der Waals surface area contributed by atoms with Crippen LogP contribution in [-0.2, 0) is 11.3 Å². The number of carbonyl (C=O) groups excluding carboxylic acids is 1. The van der Waals surface area contributed by atoms with Crippen LogP contribution >= 0.6 is 0 Å². The van der Waals surface area contributed by atoms with Crippen LogP contribution < -0.4 is 5.32 Å². The van der Waals surface area contributed by atoms with Crippen LogP contribution in [-0.4, -0.2) is 23.9 Å². The van der Waals surface area contributed by atoms with Gasteiger partial charge < -0.3 is 5.32 Å². The van der Waals surface area contributed by atoms with Crippen LogP contribution in [0.5, 0.6) is 0 Å². The monoisotopic (exact) mass is 340 g/mol. The highest BCUT2D eigenvalue weighted by atomic mass is 19.1. The Morgan fingerprint density at radius 3 is 2.64 bits per heavy atom. The molecule has 0 spiro atoms. The summed E-state index contributed by atoms with van der Waals surface area (Å²) in [7, 11) is 0. The first-order chi connectivity index (χ1) is 12.0. The predicted octanol–water partition coefficient (Wildman–Crippen LogP) is 4.29. The van der Waals surface area contributed by atoms with Gasteiger partial charge in [0, 0.05) is 24.3 Å². The lowest BCUT2D eigenvalue weighted by Gasteiger charge is -2.32. The molecule has 0 aliphatic carbocycles. The summed E-state index contributed by atoms with van der Waals surface area (Å²) in [6, 6.07) is 12.9. The highest BCUT2D eigenvalue weighted by Gasteiger charge is 2.26. The third-order valence-electron chi connectivity index (χ3n) is 4.72. The van der Waals surface area contributed by atoms with Gasteiger partial charge in [0.25, 0.3) is 0 Å². The van der Waals surface area contributed by atoms with Crippen molar-refractivity contribution in [3.8, 4) is 0 Å². The lowest BCUT2D eigenvalue weighted by atomic mass is 9.96. The van der Waals surface area contributed by atoms with Gasteiger partial charge in [0.1, 0.15) is 5.82 Å². The number of nitrogens with zero attached hydrogens (tertiary/aromatic N) is 1. The molecule has 1 N–H and O–H groups in total. The van der Waals surface area contributed by atoms with Crippen LogP contribution in [0, 0.1) is 25.6 Å². The van der Waals surface area contributed by atoms with Crippen LogP contribution in [0.25, 0.3) is 0 Å². The minimum atomic E-state index is -0.177. The first kappa shape index (κ1) is 17.6. The quantitative estimate of drug-likeness (QED) is 0.900. The molecule has 1 aliphatic rings. The lowest BCUT2D eigenvalue weighted by molar-refractivity contribution is -0.121. The molecule has 0 radical (unpaired) electrons. The van der Waals surface area contributed by atoms with Crippen molar-refractivity contribution in [3.63, 3.8) is 0 Å². The summed E-state index contributed by atoms with van der Waals surface area (Å²) < 4.78 is 13.9. The summed E-state index contributed by atoms with van der Waals surface area (Å²) in [5, 5.41) is 3.05. The molecular weight excluding hydrogens is 315 g/mol. The van der Waals surface area contributed by atoms with Crippen LogP contribution in [0.15, 0.2) is 42.5 Å². The SMILES string of the molecule is Cc1cc(C)cc(NC(=O)C2CCCN(Cc3ccccc3F)C2)c1. The first-order valence-electron chi connectivity index (χ1n) is 8.86. The summed E-state index contributed by atoms with van der Waals surface area (Å²) >= 11 is 0. The number of rotatable bonds is 4. The molecule has 2 aromatic rings. The Kier molecular flexibility index (Phi) is 5.49. The molecule has 1 heterocycles. The van der Waals surface area contributed by atoms with Crippen molar-refractivity contribution in [1.82, 2.24) is 4.90 Å². The van der Waals surface area contributed by atoms with E-state index in [2.05, 4.69) is 16.3 Å². The summed E-state index contributed by atoms with van der Waals surface area (Å²) in [6.45, 7) is 6.19. The van der Waals surface area contributed by atoms with Crippen molar-refractivity contribution >= 4 is 11.6 Å². The molecule has 2 aromatic carbocycles. The molecule has 132 valence electrons. The molecule has 25 heavy (non-hydrogen) atoms. The fourth-order valence-electron chi connectivity index (χ4n) is 3.57. The maximum atomic E-state index is 13.9. The number of piperidine rings is 1. The van der Waals surface area contributed by atoms with Crippen molar-refractivity contribution < 1.29 is 9.18 Å². The standard InChI is InChI=1S/C21H25FN2O/c1-15-10-16(2)12-19(11-15)23-21(25)18-7-5-9-24(14-18)13-17-6-3-4-8-20(17)22/h3-4,6,8,10-12,18H,5,7,9,13-14H2,1-2H3,(H,23,25). The first-order valence-corrected chi connectivity index (χ1v) is 8.86. The topological polar surface area (TPSA) is 32.3 Å². The number of hydrogen-bond acceptors (Lipinski definition) is 2. The second-order valence-electron chi connectivity index (χ2n) is 7.03. The van der Waals surface area contributed by atoms with E-state index < -0.39 is 0 Å². The Bertz CT molecular complexity index is 739. The molecule has 1 unspecified atom stereocenters. The molecule has 3 rings (SSSR count). The number of anilines is 1. The molecule has 1 aliphatic heterocycles. The van der Waals surface area contributed by atoms with E-state index in [0.717, 1.165) is 36.2 Å². The average molecular weight is 340 g/mol. The van der Waals surface area contributed by atoms with Crippen molar-refractivity contribution in [2.75, 3.05) is 18.4 Å². The van der Waals surface area contributed by atoms with Crippen molar-refractivity contribution in [2.24, 2.45) is 5.92 Å². The summed E-state index contributed by atoms with van der Waals surface area (Å²) in [4.78, 5) is 14.8. The van der Waals surface area contributed by atoms with E-state index in [0.29, 0.717) is 18.7 Å². The number of nitrogens with one attached hydrogen (secondary N) is 1. The summed E-state index contributed by atoms with van der Waals surface area (Å²) in [5.41, 5.74) is 3.83. The fraction of sp³-hybridized carbons (Fsp3) is 0.381. The number of aryl methyl sites for hydroxylation is 2. The number of halogens is 1. The van der Waals surface area contributed by atoms with Crippen molar-refractivity contribution in [3.05, 3.63) is 65.0 Å². The Morgan fingerprint density at radius 1 is 1.20 bits per heavy atom. The number of hydrogen-bond donors (Lipinski definition) is 1. The maximum Gasteiger partial charge on any atom is 0.228 e. The maximum absolute atomic E-state index is 13.9. The van der Waals surface area contributed by atoms with Crippen LogP contribution in [0.2, 0.25) is 0 Å². The van der Waals surface area contributed by atoms with Gasteiger partial charge in [-0.15, -0.1) is 0 Å². The average Bonchev–Trinajstić information content (AvgIpc) is 2.56. The summed E-state index contributed by atoms with van der Waals surface area (Å²) in [5.74, 6) is -0.172. The third-order valence-corrected chi connectivity index (χ3v) is 4.72. The van der Waals surface area contributed by atoms with Gasteiger partial charge >= 0.3 is 0 Å². The highest BCUT2D eigenvalue weighted by molar-refractivity contribution is 5.92. The van der Waals surface area contributed by atoms with Crippen LogP contribution in [0.1, 0.15) is 29.5 Å². The minimum absolute atomic E-state index is 0.0543. The zero-order valence-corrected chi connectivity index (χ0v) is 14.9. The van der Waals surface area contributed by atoms with Gasteiger partial charge in [-0.3, -0.25) is 9.69 Å². The zero-order chi connectivity index (χ0) is 17.8. The van der Waals surface area contributed by atoms with Gasteiger partial charge in [-0.05, 0) is 62.6 Å². The van der Waals surface area contributed by atoms with E-state index in [1.165, 1.54) is 6.07 Å². The van der Waals surface area contributed by atoms with E-state index in [1.54, 1.807) is 6.07 Å². The van der Waals surface area contributed by atoms with Gasteiger partial charge in [-0.1, -0.05) is 24.3 Å². The molecule has 1 saturated heterocycles. The smallest absolute Gasteiger partial charge is 0.228 e. The minimum Gasteiger partial charge on any atom is -0.326 e. The molecule has 1 fully saturated rings. The molecule has 4 heteroatoms. The normalized spacial score (nSPS) is 18.1. The van der Waals surface area contributed by atoms with Gasteiger partial charge in [0.15, 0.2) is 0 Å². The summed E-state index contributed by atoms with van der Waals surface area (Å²) in [6.07, 6.45) is 1.84. The van der Waals surface area contributed by atoms with Crippen molar-refractivity contribution in [2.45, 2.75) is 33.2 Å². The van der Waals surface area contributed by atoms with Gasteiger partial charge in [-0.25, -0.2) is 4.39 Å². The second kappa shape index (κ2) is 7.79. The third kappa shape index (κ3) is 4.67. The molecule has 1 atom stereocenters. The van der Waals surface area contributed by atoms with E-state index in [1.807, 2.05) is 38.1 Å². The second-order valence-corrected chi connectivity index (χ2v) is 7.03. The number of likely N-dealkylation sites (tertiary alicyclic amines) is 1. The molecular formula is C21H25FN2O. The predicted molar refractivity (Wildman–Crippen MR) is 98.9 cm³/mol. The van der Waals surface area contributed by atoms with Gasteiger partial charge in [0.05, 0.1) is 5.92 Å². The van der Waals surface area contributed by atoms with Crippen molar-refractivity contribution in [1.29, 1.82) is 0 Å². The molecule has 1 amide bonds. The number of carbonyl (C=O) groups is 1. The fourth-order valence-corrected chi connectivity index (χ4v) is 3.57. The zero-order valence-electron chi connectivity index (χ0n) is 14.9. The molecule has 3 nitrogen and oxygen atoms in total. The molecule has 0 saturated carbocycles. The Hall–Kier alpha value is -2.20. The van der Waals surface area contributed by atoms with Gasteiger partial charge in [0.2, 0.25) is 5.91 Å². The number of benzene rings is 2. The molecule has 0 bridgehead atoms.